The first kappa shape index (κ1) is 24.8. The quantitative estimate of drug-likeness (QED) is 0.313. The molecule has 4 rings (SSSR count). The third kappa shape index (κ3) is 5.53. The highest BCUT2D eigenvalue weighted by Gasteiger charge is 2.18. The van der Waals surface area contributed by atoms with E-state index in [2.05, 4.69) is 70.5 Å². The predicted molar refractivity (Wildman–Crippen MR) is 149 cm³/mol. The van der Waals surface area contributed by atoms with Gasteiger partial charge in [-0.15, -0.1) is 0 Å². The number of ether oxygens (including phenoxy) is 1. The lowest BCUT2D eigenvalue weighted by molar-refractivity contribution is 0.413. The second-order valence-corrected chi connectivity index (χ2v) is 12.6. The molecule has 0 radical (unpaired) electrons. The summed E-state index contributed by atoms with van der Waals surface area (Å²) < 4.78 is 18.6. The number of nitrogens with one attached hydrogen (secondary N) is 2. The number of H-pyrrole nitrogens is 1. The van der Waals surface area contributed by atoms with Gasteiger partial charge in [-0.2, -0.15) is 0 Å². The van der Waals surface area contributed by atoms with Crippen molar-refractivity contribution in [3.63, 3.8) is 0 Å². The third-order valence-electron chi connectivity index (χ3n) is 6.08. The average Bonchev–Trinajstić information content (AvgIpc) is 3.27. The summed E-state index contributed by atoms with van der Waals surface area (Å²) in [7, 11) is 5.50. The fraction of sp³-hybridized carbons (Fsp3) is 0.296. The number of para-hydroxylation sites is 1. The van der Waals surface area contributed by atoms with Gasteiger partial charge in [0.1, 0.15) is 18.5 Å². The number of nitrogens with zero attached hydrogens (tertiary/aromatic N) is 3. The Morgan fingerprint density at radius 3 is 2.49 bits per heavy atom. The van der Waals surface area contributed by atoms with E-state index in [4.69, 9.17) is 4.74 Å². The average molecular weight is 492 g/mol. The van der Waals surface area contributed by atoms with E-state index in [1.807, 2.05) is 30.3 Å². The van der Waals surface area contributed by atoms with E-state index in [0.29, 0.717) is 0 Å². The SMILES string of the molecule is COc1cc(N(C)CCN(C)C)ccc1-c1cc2c(Nc3ccccc3P(C)(C)=O)ccnc2[nH]1. The van der Waals surface area contributed by atoms with Crippen molar-refractivity contribution in [2.24, 2.45) is 0 Å². The minimum absolute atomic E-state index is 0.771. The molecule has 0 bridgehead atoms. The van der Waals surface area contributed by atoms with Crippen LogP contribution in [0.2, 0.25) is 0 Å². The van der Waals surface area contributed by atoms with Crippen LogP contribution < -0.4 is 20.3 Å². The Morgan fingerprint density at radius 1 is 1.00 bits per heavy atom. The molecule has 2 aromatic carbocycles. The molecule has 4 aromatic rings. The maximum atomic E-state index is 12.8. The Morgan fingerprint density at radius 2 is 1.77 bits per heavy atom. The molecule has 0 saturated heterocycles. The zero-order valence-electron chi connectivity index (χ0n) is 21.3. The first-order valence-electron chi connectivity index (χ1n) is 11.6. The number of aromatic nitrogens is 2. The van der Waals surface area contributed by atoms with Gasteiger partial charge < -0.3 is 29.4 Å². The van der Waals surface area contributed by atoms with Crippen LogP contribution in [0.4, 0.5) is 17.1 Å². The van der Waals surface area contributed by atoms with Gasteiger partial charge in [0.15, 0.2) is 0 Å². The Labute approximate surface area is 207 Å². The molecule has 0 saturated carbocycles. The van der Waals surface area contributed by atoms with E-state index < -0.39 is 7.14 Å². The predicted octanol–water partition coefficient (Wildman–Crippen LogP) is 5.23. The lowest BCUT2D eigenvalue weighted by Crippen LogP contribution is -2.28. The van der Waals surface area contributed by atoms with Gasteiger partial charge in [-0.1, -0.05) is 12.1 Å². The summed E-state index contributed by atoms with van der Waals surface area (Å²) in [6.45, 7) is 5.47. The first-order valence-corrected chi connectivity index (χ1v) is 14.2. The second kappa shape index (κ2) is 10.1. The molecule has 0 atom stereocenters. The summed E-state index contributed by atoms with van der Waals surface area (Å²) in [5.74, 6) is 0.795. The molecule has 0 aliphatic carbocycles. The molecule has 2 N–H and O–H groups in total. The number of methoxy groups -OCH3 is 1. The van der Waals surface area contributed by atoms with Crippen LogP contribution in [0.1, 0.15) is 0 Å². The van der Waals surface area contributed by atoms with Gasteiger partial charge in [-0.25, -0.2) is 4.98 Å². The Kier molecular flexibility index (Phi) is 7.20. The minimum atomic E-state index is -2.44. The number of likely N-dealkylation sites (N-methyl/N-ethyl adjacent to an activating group) is 2. The summed E-state index contributed by atoms with van der Waals surface area (Å²) in [6.07, 6.45) is 1.77. The largest absolute Gasteiger partial charge is 0.496 e. The molecule has 2 heterocycles. The van der Waals surface area contributed by atoms with Crippen LogP contribution in [0.3, 0.4) is 0 Å². The van der Waals surface area contributed by atoms with Crippen molar-refractivity contribution in [3.8, 4) is 17.0 Å². The standard InChI is InChI=1S/C27H34N5O2P/c1-31(2)15-16-32(3)19-11-12-20(25(17-19)34-4)24-18-21-22(13-14-28-27(21)30-24)29-23-9-7-8-10-26(23)35(5,6)33/h7-14,17-18H,15-16H2,1-6H3,(H2,28,29,30). The number of hydrogen-bond donors (Lipinski definition) is 2. The minimum Gasteiger partial charge on any atom is -0.496 e. The van der Waals surface area contributed by atoms with E-state index >= 15 is 0 Å². The van der Waals surface area contributed by atoms with E-state index in [1.54, 1.807) is 26.6 Å². The molecule has 0 spiro atoms. The fourth-order valence-corrected chi connectivity index (χ4v) is 5.25. The number of pyridine rings is 1. The van der Waals surface area contributed by atoms with Crippen molar-refractivity contribution < 1.29 is 9.30 Å². The number of rotatable bonds is 9. The van der Waals surface area contributed by atoms with Gasteiger partial charge in [0.25, 0.3) is 0 Å². The molecule has 0 aliphatic heterocycles. The molecule has 0 aliphatic rings. The maximum absolute atomic E-state index is 12.8. The van der Waals surface area contributed by atoms with E-state index in [-0.39, 0.29) is 0 Å². The summed E-state index contributed by atoms with van der Waals surface area (Å²) in [6, 6.07) is 18.0. The van der Waals surface area contributed by atoms with Gasteiger partial charge in [-0.05, 0) is 63.8 Å². The van der Waals surface area contributed by atoms with Crippen LogP contribution in [0.25, 0.3) is 22.3 Å². The maximum Gasteiger partial charge on any atom is 0.139 e. The van der Waals surface area contributed by atoms with Crippen LogP contribution in [-0.4, -0.2) is 69.5 Å². The number of benzene rings is 2. The van der Waals surface area contributed by atoms with Crippen molar-refractivity contribution >= 4 is 40.5 Å². The summed E-state index contributed by atoms with van der Waals surface area (Å²) in [4.78, 5) is 12.4. The summed E-state index contributed by atoms with van der Waals surface area (Å²) in [5.41, 5.74) is 5.51. The van der Waals surface area contributed by atoms with Crippen LogP contribution in [0.15, 0.2) is 60.8 Å². The molecule has 7 nitrogen and oxygen atoms in total. The molecule has 35 heavy (non-hydrogen) atoms. The first-order chi connectivity index (χ1) is 16.7. The third-order valence-corrected chi connectivity index (χ3v) is 7.63. The zero-order chi connectivity index (χ0) is 25.2. The van der Waals surface area contributed by atoms with E-state index in [0.717, 1.165) is 63.5 Å². The highest BCUT2D eigenvalue weighted by molar-refractivity contribution is 7.70. The highest BCUT2D eigenvalue weighted by Crippen LogP contribution is 2.40. The van der Waals surface area contributed by atoms with Crippen molar-refractivity contribution in [2.45, 2.75) is 0 Å². The summed E-state index contributed by atoms with van der Waals surface area (Å²) >= 11 is 0. The summed E-state index contributed by atoms with van der Waals surface area (Å²) in [5, 5.41) is 5.27. The molecule has 0 fully saturated rings. The molecular weight excluding hydrogens is 457 g/mol. The topological polar surface area (TPSA) is 73.5 Å². The molecule has 8 heteroatoms. The smallest absolute Gasteiger partial charge is 0.139 e. The van der Waals surface area contributed by atoms with Crippen molar-refractivity contribution in [3.05, 3.63) is 60.8 Å². The normalized spacial score (nSPS) is 11.7. The van der Waals surface area contributed by atoms with Gasteiger partial charge >= 0.3 is 0 Å². The lowest BCUT2D eigenvalue weighted by Gasteiger charge is -2.22. The highest BCUT2D eigenvalue weighted by atomic mass is 31.2. The molecule has 0 amide bonds. The van der Waals surface area contributed by atoms with Crippen molar-refractivity contribution in [1.82, 2.24) is 14.9 Å². The van der Waals surface area contributed by atoms with Gasteiger partial charge in [0.05, 0.1) is 18.5 Å². The van der Waals surface area contributed by atoms with Crippen LogP contribution in [-0.2, 0) is 4.57 Å². The molecule has 184 valence electrons. The Balaban J connectivity index is 1.69. The Bertz CT molecular complexity index is 1380. The lowest BCUT2D eigenvalue weighted by atomic mass is 10.1. The van der Waals surface area contributed by atoms with Crippen LogP contribution >= 0.6 is 7.14 Å². The fourth-order valence-electron chi connectivity index (χ4n) is 4.09. The van der Waals surface area contributed by atoms with Gasteiger partial charge in [-0.3, -0.25) is 0 Å². The molecular formula is C27H34N5O2P. The molecule has 0 unspecified atom stereocenters. The van der Waals surface area contributed by atoms with Crippen molar-refractivity contribution in [1.29, 1.82) is 0 Å². The van der Waals surface area contributed by atoms with Gasteiger partial charge in [0, 0.05) is 60.0 Å². The zero-order valence-corrected chi connectivity index (χ0v) is 22.2. The van der Waals surface area contributed by atoms with Gasteiger partial charge in [0.2, 0.25) is 0 Å². The van der Waals surface area contributed by atoms with Crippen LogP contribution in [0, 0.1) is 0 Å². The molecule has 2 aromatic heterocycles. The Hall–Kier alpha value is -3.28. The number of fused-ring (bicyclic) bond motifs is 1. The number of anilines is 3. The van der Waals surface area contributed by atoms with E-state index in [9.17, 15) is 4.57 Å². The number of hydrogen-bond acceptors (Lipinski definition) is 6. The second-order valence-electron chi connectivity index (χ2n) is 9.41. The van der Waals surface area contributed by atoms with Crippen LogP contribution in [0.5, 0.6) is 5.75 Å². The number of aromatic amines is 1. The van der Waals surface area contributed by atoms with E-state index in [1.165, 1.54) is 0 Å². The monoisotopic (exact) mass is 491 g/mol. The van der Waals surface area contributed by atoms with Crippen molar-refractivity contribution in [2.75, 3.05) is 64.9 Å².